The molecule has 1 heterocycles. The number of aromatic nitrogens is 1. The second kappa shape index (κ2) is 9.05. The second-order valence-corrected chi connectivity index (χ2v) is 7.70. The van der Waals surface area contributed by atoms with Crippen molar-refractivity contribution in [3.05, 3.63) is 80.7 Å². The molecule has 6 heteroatoms. The van der Waals surface area contributed by atoms with E-state index in [1.54, 1.807) is 13.3 Å². The van der Waals surface area contributed by atoms with Gasteiger partial charge in [-0.3, -0.25) is 4.79 Å². The van der Waals surface area contributed by atoms with Gasteiger partial charge < -0.3 is 9.30 Å². The van der Waals surface area contributed by atoms with Crippen LogP contribution in [-0.2, 0) is 11.2 Å². The van der Waals surface area contributed by atoms with Crippen molar-refractivity contribution in [2.75, 3.05) is 7.11 Å². The van der Waals surface area contributed by atoms with Crippen molar-refractivity contribution in [3.63, 3.8) is 0 Å². The molecule has 1 N–H and O–H groups in total. The number of aryl methyl sites for hydroxylation is 1. The van der Waals surface area contributed by atoms with Crippen molar-refractivity contribution in [3.8, 4) is 11.4 Å². The van der Waals surface area contributed by atoms with E-state index in [4.69, 9.17) is 4.74 Å². The van der Waals surface area contributed by atoms with Crippen LogP contribution in [0, 0.1) is 17.4 Å². The van der Waals surface area contributed by atoms with E-state index in [0.29, 0.717) is 0 Å². The molecule has 0 unspecified atom stereocenters. The summed E-state index contributed by atoms with van der Waals surface area (Å²) in [5.74, 6) is 0.610. The lowest BCUT2D eigenvalue weighted by atomic mass is 10.1. The van der Waals surface area contributed by atoms with E-state index in [2.05, 4.69) is 74.9 Å². The number of nitrogens with one attached hydrogen (secondary N) is 1. The normalized spacial score (nSPS) is 11.0. The third-order valence-electron chi connectivity index (χ3n) is 4.47. The number of hydrazone groups is 1. The number of rotatable bonds is 6. The van der Waals surface area contributed by atoms with Gasteiger partial charge in [0.15, 0.2) is 0 Å². The van der Waals surface area contributed by atoms with Crippen LogP contribution >= 0.6 is 22.6 Å². The molecule has 0 radical (unpaired) electrons. The molecule has 0 saturated heterocycles. The second-order valence-electron chi connectivity index (χ2n) is 6.46. The number of benzene rings is 2. The molecule has 0 fully saturated rings. The Bertz CT molecular complexity index is 990. The number of hydrogen-bond donors (Lipinski definition) is 1. The summed E-state index contributed by atoms with van der Waals surface area (Å²) in [5, 5.41) is 4.13. The van der Waals surface area contributed by atoms with Gasteiger partial charge in [0.25, 0.3) is 0 Å². The minimum absolute atomic E-state index is 0.159. The molecule has 144 valence electrons. The quantitative estimate of drug-likeness (QED) is 0.319. The molecular weight excluding hydrogens is 465 g/mol. The highest BCUT2D eigenvalue weighted by atomic mass is 127. The highest BCUT2D eigenvalue weighted by molar-refractivity contribution is 14.1. The SMILES string of the molecule is COc1ccc(CC(=O)N/N=C\c2cc(C)n(-c3ccc(I)cc3)c2C)cc1. The summed E-state index contributed by atoms with van der Waals surface area (Å²) in [4.78, 5) is 12.1. The third-order valence-corrected chi connectivity index (χ3v) is 5.19. The molecule has 5 nitrogen and oxygen atoms in total. The summed E-state index contributed by atoms with van der Waals surface area (Å²) in [7, 11) is 1.62. The summed E-state index contributed by atoms with van der Waals surface area (Å²) >= 11 is 2.30. The molecular formula is C22H22IN3O2. The molecule has 0 aliphatic heterocycles. The first-order valence-corrected chi connectivity index (χ1v) is 9.95. The van der Waals surface area contributed by atoms with Crippen molar-refractivity contribution >= 4 is 34.7 Å². The lowest BCUT2D eigenvalue weighted by Gasteiger charge is -2.09. The van der Waals surface area contributed by atoms with Gasteiger partial charge in [-0.05, 0) is 84.5 Å². The largest absolute Gasteiger partial charge is 0.497 e. The minimum Gasteiger partial charge on any atom is -0.497 e. The van der Waals surface area contributed by atoms with Crippen LogP contribution in [0.3, 0.4) is 0 Å². The summed E-state index contributed by atoms with van der Waals surface area (Å²) < 4.78 is 8.50. The number of carbonyl (C=O) groups excluding carboxylic acids is 1. The van der Waals surface area contributed by atoms with Crippen LogP contribution in [0.1, 0.15) is 22.5 Å². The molecule has 28 heavy (non-hydrogen) atoms. The summed E-state index contributed by atoms with van der Waals surface area (Å²) in [6.45, 7) is 4.11. The highest BCUT2D eigenvalue weighted by Gasteiger charge is 2.09. The maximum atomic E-state index is 12.1. The molecule has 1 amide bonds. The fraction of sp³-hybridized carbons (Fsp3) is 0.182. The maximum Gasteiger partial charge on any atom is 0.244 e. The van der Waals surface area contributed by atoms with Gasteiger partial charge in [-0.25, -0.2) is 5.43 Å². The molecule has 1 aromatic heterocycles. The number of nitrogens with zero attached hydrogens (tertiary/aromatic N) is 2. The summed E-state index contributed by atoms with van der Waals surface area (Å²) in [6, 6.07) is 17.8. The molecule has 0 bridgehead atoms. The van der Waals surface area contributed by atoms with E-state index < -0.39 is 0 Å². The zero-order valence-corrected chi connectivity index (χ0v) is 18.2. The van der Waals surface area contributed by atoms with Crippen LogP contribution in [0.15, 0.2) is 59.7 Å². The smallest absolute Gasteiger partial charge is 0.244 e. The maximum absolute atomic E-state index is 12.1. The molecule has 0 saturated carbocycles. The molecule has 3 rings (SSSR count). The Morgan fingerprint density at radius 2 is 1.82 bits per heavy atom. The third kappa shape index (κ3) is 4.81. The first-order chi connectivity index (χ1) is 13.5. The Morgan fingerprint density at radius 3 is 2.46 bits per heavy atom. The highest BCUT2D eigenvalue weighted by Crippen LogP contribution is 2.20. The van der Waals surface area contributed by atoms with E-state index in [9.17, 15) is 4.79 Å². The van der Waals surface area contributed by atoms with Crippen molar-refractivity contribution in [1.82, 2.24) is 9.99 Å². The van der Waals surface area contributed by atoms with Gasteiger partial charge >= 0.3 is 0 Å². The van der Waals surface area contributed by atoms with Gasteiger partial charge in [-0.2, -0.15) is 5.10 Å². The Hall–Kier alpha value is -2.61. The van der Waals surface area contributed by atoms with Gasteiger partial charge in [0.05, 0.1) is 19.7 Å². The Labute approximate surface area is 178 Å². The zero-order valence-electron chi connectivity index (χ0n) is 16.1. The van der Waals surface area contributed by atoms with Crippen LogP contribution in [-0.4, -0.2) is 23.8 Å². The fourth-order valence-corrected chi connectivity index (χ4v) is 3.41. The molecule has 3 aromatic rings. The fourth-order valence-electron chi connectivity index (χ4n) is 3.05. The molecule has 0 aliphatic rings. The van der Waals surface area contributed by atoms with E-state index in [-0.39, 0.29) is 12.3 Å². The Kier molecular flexibility index (Phi) is 6.51. The topological polar surface area (TPSA) is 55.6 Å². The van der Waals surface area contributed by atoms with Crippen molar-refractivity contribution in [2.45, 2.75) is 20.3 Å². The lowest BCUT2D eigenvalue weighted by molar-refractivity contribution is -0.120. The molecule has 0 spiro atoms. The lowest BCUT2D eigenvalue weighted by Crippen LogP contribution is -2.19. The number of carbonyl (C=O) groups is 1. The van der Waals surface area contributed by atoms with E-state index in [1.807, 2.05) is 31.2 Å². The van der Waals surface area contributed by atoms with Crippen LogP contribution in [0.4, 0.5) is 0 Å². The minimum atomic E-state index is -0.159. The number of amides is 1. The number of ether oxygens (including phenoxy) is 1. The van der Waals surface area contributed by atoms with Crippen molar-refractivity contribution < 1.29 is 9.53 Å². The van der Waals surface area contributed by atoms with Crippen LogP contribution < -0.4 is 10.2 Å². The van der Waals surface area contributed by atoms with Gasteiger partial charge in [-0.15, -0.1) is 0 Å². The molecule has 2 aromatic carbocycles. The monoisotopic (exact) mass is 487 g/mol. The zero-order chi connectivity index (χ0) is 20.1. The van der Waals surface area contributed by atoms with E-state index in [0.717, 1.165) is 34.0 Å². The average Bonchev–Trinajstić information content (AvgIpc) is 2.97. The average molecular weight is 487 g/mol. The van der Waals surface area contributed by atoms with Gasteiger partial charge in [0, 0.05) is 26.2 Å². The van der Waals surface area contributed by atoms with Crippen LogP contribution in [0.25, 0.3) is 5.69 Å². The van der Waals surface area contributed by atoms with E-state index >= 15 is 0 Å². The number of halogens is 1. The van der Waals surface area contributed by atoms with Crippen molar-refractivity contribution in [1.29, 1.82) is 0 Å². The predicted molar refractivity (Wildman–Crippen MR) is 120 cm³/mol. The first kappa shape index (κ1) is 20.1. The molecule has 0 atom stereocenters. The molecule has 0 aliphatic carbocycles. The van der Waals surface area contributed by atoms with Gasteiger partial charge in [0.2, 0.25) is 5.91 Å². The van der Waals surface area contributed by atoms with Gasteiger partial charge in [0.1, 0.15) is 5.75 Å². The number of hydrogen-bond acceptors (Lipinski definition) is 3. The Morgan fingerprint density at radius 1 is 1.14 bits per heavy atom. The van der Waals surface area contributed by atoms with Crippen molar-refractivity contribution in [2.24, 2.45) is 5.10 Å². The summed E-state index contributed by atoms with van der Waals surface area (Å²) in [6.07, 6.45) is 1.96. The predicted octanol–water partition coefficient (Wildman–Crippen LogP) is 4.40. The van der Waals surface area contributed by atoms with Crippen LogP contribution in [0.2, 0.25) is 0 Å². The Balaban J connectivity index is 1.66. The standard InChI is InChI=1S/C22H22IN3O2/c1-15-12-18(16(2)26(15)20-8-6-19(23)7-9-20)14-24-25-22(27)13-17-4-10-21(28-3)11-5-17/h4-12,14H,13H2,1-3H3,(H,25,27)/b24-14-. The first-order valence-electron chi connectivity index (χ1n) is 8.87. The number of methoxy groups -OCH3 is 1. The van der Waals surface area contributed by atoms with Gasteiger partial charge in [-0.1, -0.05) is 12.1 Å². The van der Waals surface area contributed by atoms with E-state index in [1.165, 1.54) is 3.57 Å². The van der Waals surface area contributed by atoms with Crippen LogP contribution in [0.5, 0.6) is 5.75 Å². The summed E-state index contributed by atoms with van der Waals surface area (Å²) in [5.41, 5.74) is 7.78.